The average Bonchev–Trinajstić information content (AvgIpc) is 1.91. The summed E-state index contributed by atoms with van der Waals surface area (Å²) in [6.45, 7) is 0. The van der Waals surface area contributed by atoms with Crippen LogP contribution in [0.15, 0.2) is 18.2 Å². The van der Waals surface area contributed by atoms with Crippen molar-refractivity contribution in [1.29, 1.82) is 0 Å². The van der Waals surface area contributed by atoms with Crippen LogP contribution in [0.3, 0.4) is 0 Å². The van der Waals surface area contributed by atoms with E-state index in [1.54, 1.807) is 0 Å². The molecule has 1 rings (SSSR count). The van der Waals surface area contributed by atoms with Crippen LogP contribution in [0.2, 0.25) is 0 Å². The summed E-state index contributed by atoms with van der Waals surface area (Å²) in [5, 5.41) is 0. The standard InChI is InChI=1S/C7H3F4O.BrH.Mg/c8-5-3-1-2-4-6(5)12-7(9,10)11;;/h2-4H;1H;/q-1;;+2/p-1. The van der Waals surface area contributed by atoms with Gasteiger partial charge in [0, 0.05) is 5.82 Å². The van der Waals surface area contributed by atoms with Gasteiger partial charge in [-0.3, -0.25) is 4.39 Å². The van der Waals surface area contributed by atoms with Crippen LogP contribution in [-0.4, -0.2) is 29.4 Å². The Morgan fingerprint density at radius 3 is 2.29 bits per heavy atom. The van der Waals surface area contributed by atoms with Crippen molar-refractivity contribution >= 4 is 23.1 Å². The predicted octanol–water partition coefficient (Wildman–Crippen LogP) is -0.852. The monoisotopic (exact) mass is 282 g/mol. The molecule has 0 N–H and O–H groups in total. The third-order valence-corrected chi connectivity index (χ3v) is 1.00. The Hall–Kier alpha value is -0.0138. The van der Waals surface area contributed by atoms with E-state index in [1.165, 1.54) is 0 Å². The van der Waals surface area contributed by atoms with Gasteiger partial charge in [0.1, 0.15) is 0 Å². The molecule has 0 aliphatic heterocycles. The zero-order chi connectivity index (χ0) is 9.19. The van der Waals surface area contributed by atoms with Crippen LogP contribution in [0, 0.1) is 11.9 Å². The van der Waals surface area contributed by atoms with Crippen molar-refractivity contribution in [1.82, 2.24) is 0 Å². The first-order valence-corrected chi connectivity index (χ1v) is 2.90. The molecule has 1 nitrogen and oxygen atoms in total. The normalized spacial score (nSPS) is 9.71. The summed E-state index contributed by atoms with van der Waals surface area (Å²) in [5.74, 6) is -1.93. The topological polar surface area (TPSA) is 9.23 Å². The Kier molecular flexibility index (Phi) is 7.58. The molecule has 0 heterocycles. The zero-order valence-electron chi connectivity index (χ0n) is 6.74. The molecule has 0 atom stereocenters. The summed E-state index contributed by atoms with van der Waals surface area (Å²) in [6.07, 6.45) is -4.86. The van der Waals surface area contributed by atoms with Crippen molar-refractivity contribution in [2.45, 2.75) is 6.36 Å². The summed E-state index contributed by atoms with van der Waals surface area (Å²) < 4.78 is 50.4. The number of alkyl halides is 3. The van der Waals surface area contributed by atoms with E-state index in [0.717, 1.165) is 18.2 Å². The summed E-state index contributed by atoms with van der Waals surface area (Å²) in [5.41, 5.74) is 0. The van der Waals surface area contributed by atoms with Gasteiger partial charge < -0.3 is 21.7 Å². The summed E-state index contributed by atoms with van der Waals surface area (Å²) in [7, 11) is 0. The van der Waals surface area contributed by atoms with Gasteiger partial charge in [0.15, 0.2) is 0 Å². The summed E-state index contributed by atoms with van der Waals surface area (Å²) in [4.78, 5) is 0. The van der Waals surface area contributed by atoms with Gasteiger partial charge in [-0.1, -0.05) is 0 Å². The minimum atomic E-state index is -4.86. The Bertz CT molecular complexity index is 279. The van der Waals surface area contributed by atoms with Crippen molar-refractivity contribution in [3.8, 4) is 5.75 Å². The van der Waals surface area contributed by atoms with Crippen molar-refractivity contribution in [2.75, 3.05) is 0 Å². The molecule has 0 bridgehead atoms. The maximum absolute atomic E-state index is 12.5. The molecule has 0 saturated heterocycles. The van der Waals surface area contributed by atoms with Gasteiger partial charge >= 0.3 is 29.4 Å². The molecule has 0 unspecified atom stereocenters. The quantitative estimate of drug-likeness (QED) is 0.371. The minimum absolute atomic E-state index is 0. The van der Waals surface area contributed by atoms with Gasteiger partial charge in [0.2, 0.25) is 0 Å². The van der Waals surface area contributed by atoms with E-state index in [1.807, 2.05) is 0 Å². The van der Waals surface area contributed by atoms with Crippen molar-refractivity contribution < 1.29 is 39.3 Å². The maximum Gasteiger partial charge on any atom is 2.00 e. The van der Waals surface area contributed by atoms with Crippen LogP contribution in [0.4, 0.5) is 17.6 Å². The number of hydrogen-bond donors (Lipinski definition) is 0. The van der Waals surface area contributed by atoms with E-state index in [4.69, 9.17) is 0 Å². The minimum Gasteiger partial charge on any atom is -1.00 e. The second-order valence-electron chi connectivity index (χ2n) is 1.90. The van der Waals surface area contributed by atoms with Gasteiger partial charge in [-0.25, -0.2) is 0 Å². The molecule has 0 aromatic heterocycles. The van der Waals surface area contributed by atoms with Crippen LogP contribution in [-0.2, 0) is 0 Å². The number of hydrogen-bond acceptors (Lipinski definition) is 1. The fourth-order valence-electron chi connectivity index (χ4n) is 0.603. The van der Waals surface area contributed by atoms with Gasteiger partial charge in [-0.05, 0) is 0 Å². The van der Waals surface area contributed by atoms with Crippen LogP contribution in [0.25, 0.3) is 0 Å². The van der Waals surface area contributed by atoms with Crippen LogP contribution in [0.5, 0.6) is 5.75 Å². The number of rotatable bonds is 1. The third kappa shape index (κ3) is 5.66. The molecule has 0 fully saturated rings. The Labute approximate surface area is 104 Å². The molecule has 0 radical (unpaired) electrons. The molecule has 74 valence electrons. The predicted molar refractivity (Wildman–Crippen MR) is 37.7 cm³/mol. The second-order valence-corrected chi connectivity index (χ2v) is 1.90. The van der Waals surface area contributed by atoms with Gasteiger partial charge in [0.05, 0.1) is 5.75 Å². The zero-order valence-corrected chi connectivity index (χ0v) is 9.74. The summed E-state index contributed by atoms with van der Waals surface area (Å²) >= 11 is 0. The van der Waals surface area contributed by atoms with Gasteiger partial charge in [-0.15, -0.1) is 25.3 Å². The molecule has 1 aromatic rings. The van der Waals surface area contributed by atoms with Crippen LogP contribution >= 0.6 is 0 Å². The largest absolute Gasteiger partial charge is 2.00 e. The first-order chi connectivity index (χ1) is 5.49. The molecule has 1 aromatic carbocycles. The van der Waals surface area contributed by atoms with Crippen molar-refractivity contribution in [2.24, 2.45) is 0 Å². The second kappa shape index (κ2) is 6.47. The molecular weight excluding hydrogens is 280 g/mol. The molecule has 0 amide bonds. The van der Waals surface area contributed by atoms with E-state index in [9.17, 15) is 17.6 Å². The first-order valence-electron chi connectivity index (χ1n) is 2.90. The van der Waals surface area contributed by atoms with E-state index in [2.05, 4.69) is 10.8 Å². The Morgan fingerprint density at radius 1 is 1.29 bits per heavy atom. The fourth-order valence-corrected chi connectivity index (χ4v) is 0.603. The molecule has 0 spiro atoms. The van der Waals surface area contributed by atoms with Crippen LogP contribution in [0.1, 0.15) is 0 Å². The van der Waals surface area contributed by atoms with Gasteiger partial charge in [-0.2, -0.15) is 12.1 Å². The number of benzene rings is 1. The Morgan fingerprint density at radius 2 is 1.86 bits per heavy atom. The van der Waals surface area contributed by atoms with E-state index < -0.39 is 17.9 Å². The molecule has 0 aliphatic rings. The maximum atomic E-state index is 12.5. The third-order valence-electron chi connectivity index (χ3n) is 1.00. The number of ether oxygens (including phenoxy) is 1. The molecule has 14 heavy (non-hydrogen) atoms. The Balaban J connectivity index is 0. The van der Waals surface area contributed by atoms with Crippen molar-refractivity contribution in [3.63, 3.8) is 0 Å². The van der Waals surface area contributed by atoms with Gasteiger partial charge in [0.25, 0.3) is 0 Å². The SMILES string of the molecule is Fc1c[c-]ccc1OC(F)(F)F.[Br-].[Mg+2]. The van der Waals surface area contributed by atoms with E-state index >= 15 is 0 Å². The fraction of sp³-hybridized carbons (Fsp3) is 0.143. The van der Waals surface area contributed by atoms with Crippen LogP contribution < -0.4 is 21.7 Å². The molecule has 0 aliphatic carbocycles. The molecular formula is C7H3BrF4MgO. The smallest absolute Gasteiger partial charge is 1.00 e. The average molecular weight is 283 g/mol. The number of halogens is 5. The van der Waals surface area contributed by atoms with E-state index in [0.29, 0.717) is 0 Å². The van der Waals surface area contributed by atoms with Crippen molar-refractivity contribution in [3.05, 3.63) is 30.1 Å². The molecule has 0 saturated carbocycles. The first kappa shape index (κ1) is 16.4. The summed E-state index contributed by atoms with van der Waals surface area (Å²) in [6, 6.07) is 5.01. The van der Waals surface area contributed by atoms with E-state index in [-0.39, 0.29) is 40.0 Å². The molecule has 7 heteroatoms.